The van der Waals surface area contributed by atoms with Crippen LogP contribution >= 0.6 is 0 Å². The molecular weight excluding hydrogens is 265 g/mol. The van der Waals surface area contributed by atoms with E-state index >= 15 is 0 Å². The molecule has 2 aromatic rings. The van der Waals surface area contributed by atoms with Gasteiger partial charge in [0.2, 0.25) is 0 Å². The van der Waals surface area contributed by atoms with Gasteiger partial charge in [-0.05, 0) is 37.1 Å². The molecule has 0 spiro atoms. The average Bonchev–Trinajstić information content (AvgIpc) is 2.38. The molecule has 1 radical (unpaired) electrons. The molecule has 1 atom stereocenters. The first-order valence-corrected chi connectivity index (χ1v) is 6.36. The first kappa shape index (κ1) is 13.1. The van der Waals surface area contributed by atoms with Crippen molar-refractivity contribution in [2.24, 2.45) is 0 Å². The van der Waals surface area contributed by atoms with Crippen LogP contribution in [0.25, 0.3) is 0 Å². The maximum atomic E-state index is 12.7. The number of hydrogen-bond acceptors (Lipinski definition) is 2. The van der Waals surface area contributed by atoms with Crippen molar-refractivity contribution >= 4 is 0 Å². The second kappa shape index (κ2) is 4.89. The summed E-state index contributed by atoms with van der Waals surface area (Å²) in [4.78, 5) is 8.36. The van der Waals surface area contributed by atoms with Crippen molar-refractivity contribution in [3.8, 4) is 0 Å². The normalized spacial score (nSPS) is 19.6. The van der Waals surface area contributed by atoms with Gasteiger partial charge in [-0.3, -0.25) is 9.97 Å². The van der Waals surface area contributed by atoms with Crippen LogP contribution in [0.5, 0.6) is 0 Å². The van der Waals surface area contributed by atoms with Gasteiger partial charge < -0.3 is 0 Å². The van der Waals surface area contributed by atoms with Crippen molar-refractivity contribution in [2.75, 3.05) is 0 Å². The van der Waals surface area contributed by atoms with Crippen LogP contribution in [0.1, 0.15) is 35.7 Å². The molecule has 103 valence electrons. The van der Waals surface area contributed by atoms with Crippen LogP contribution in [0, 0.1) is 5.92 Å². The zero-order chi connectivity index (χ0) is 14.2. The Kier molecular flexibility index (Phi) is 3.20. The fourth-order valence-electron chi connectivity index (χ4n) is 2.43. The predicted molar refractivity (Wildman–Crippen MR) is 67.8 cm³/mol. The van der Waals surface area contributed by atoms with Gasteiger partial charge in [-0.15, -0.1) is 0 Å². The highest BCUT2D eigenvalue weighted by Crippen LogP contribution is 2.47. The van der Waals surface area contributed by atoms with Gasteiger partial charge in [0, 0.05) is 35.6 Å². The molecule has 5 heteroatoms. The Balaban J connectivity index is 1.87. The third kappa shape index (κ3) is 2.40. The molecule has 2 heterocycles. The number of nitrogens with zero attached hydrogens (tertiary/aromatic N) is 2. The largest absolute Gasteiger partial charge is 0.416 e. The summed E-state index contributed by atoms with van der Waals surface area (Å²) < 4.78 is 38.2. The molecule has 0 saturated heterocycles. The number of aromatic nitrogens is 2. The lowest BCUT2D eigenvalue weighted by atomic mass is 9.70. The fraction of sp³-hybridized carbons (Fsp3) is 0.267. The zero-order valence-corrected chi connectivity index (χ0v) is 10.6. The number of rotatable bonds is 2. The van der Waals surface area contributed by atoms with E-state index in [2.05, 4.69) is 9.97 Å². The molecule has 1 aliphatic carbocycles. The Morgan fingerprint density at radius 3 is 2.50 bits per heavy atom. The van der Waals surface area contributed by atoms with Crippen LogP contribution in [-0.2, 0) is 6.18 Å². The maximum absolute atomic E-state index is 12.7. The van der Waals surface area contributed by atoms with E-state index in [1.165, 1.54) is 6.20 Å². The van der Waals surface area contributed by atoms with Crippen molar-refractivity contribution in [1.82, 2.24) is 9.97 Å². The second-order valence-electron chi connectivity index (χ2n) is 4.80. The van der Waals surface area contributed by atoms with Crippen LogP contribution < -0.4 is 0 Å². The molecule has 0 amide bonds. The highest BCUT2D eigenvalue weighted by atomic mass is 19.4. The maximum Gasteiger partial charge on any atom is 0.416 e. The number of pyridine rings is 2. The van der Waals surface area contributed by atoms with Crippen LogP contribution in [-0.4, -0.2) is 9.97 Å². The molecular formula is C15H12F3N2. The lowest BCUT2D eigenvalue weighted by molar-refractivity contribution is -0.137. The summed E-state index contributed by atoms with van der Waals surface area (Å²) in [5, 5.41) is 0. The monoisotopic (exact) mass is 277 g/mol. The predicted octanol–water partition coefficient (Wildman–Crippen LogP) is 4.00. The Morgan fingerprint density at radius 2 is 1.90 bits per heavy atom. The molecule has 1 aliphatic rings. The quantitative estimate of drug-likeness (QED) is 0.829. The Bertz CT molecular complexity index is 596. The van der Waals surface area contributed by atoms with E-state index < -0.39 is 11.7 Å². The SMILES string of the molecule is FC(F)(F)c1ccnc([C]2CCC2c2ccccn2)c1. The minimum absolute atomic E-state index is 0.0900. The number of halogens is 3. The molecule has 0 bridgehead atoms. The topological polar surface area (TPSA) is 25.8 Å². The van der Waals surface area contributed by atoms with E-state index in [1.54, 1.807) is 6.20 Å². The van der Waals surface area contributed by atoms with Crippen molar-refractivity contribution in [1.29, 1.82) is 0 Å². The van der Waals surface area contributed by atoms with Crippen LogP contribution in [0.3, 0.4) is 0 Å². The van der Waals surface area contributed by atoms with Gasteiger partial charge in [0.15, 0.2) is 0 Å². The molecule has 2 aromatic heterocycles. The first-order valence-electron chi connectivity index (χ1n) is 6.36. The number of alkyl halides is 3. The molecule has 0 aromatic carbocycles. The van der Waals surface area contributed by atoms with Crippen LogP contribution in [0.15, 0.2) is 42.7 Å². The summed E-state index contributed by atoms with van der Waals surface area (Å²) in [6.07, 6.45) is 0.270. The molecule has 2 nitrogen and oxygen atoms in total. The van der Waals surface area contributed by atoms with Gasteiger partial charge in [-0.1, -0.05) is 6.07 Å². The summed E-state index contributed by atoms with van der Waals surface area (Å²) in [7, 11) is 0. The molecule has 0 aliphatic heterocycles. The van der Waals surface area contributed by atoms with Gasteiger partial charge in [-0.25, -0.2) is 0 Å². The summed E-state index contributed by atoms with van der Waals surface area (Å²) in [6.45, 7) is 0. The van der Waals surface area contributed by atoms with E-state index in [1.807, 2.05) is 18.2 Å². The van der Waals surface area contributed by atoms with Gasteiger partial charge in [0.1, 0.15) is 0 Å². The molecule has 0 N–H and O–H groups in total. The molecule has 3 rings (SSSR count). The molecule has 20 heavy (non-hydrogen) atoms. The molecule has 1 saturated carbocycles. The first-order chi connectivity index (χ1) is 9.55. The van der Waals surface area contributed by atoms with Crippen molar-refractivity contribution in [3.05, 3.63) is 65.6 Å². The summed E-state index contributed by atoms with van der Waals surface area (Å²) in [5.74, 6) is 1.03. The summed E-state index contributed by atoms with van der Waals surface area (Å²) in [5.41, 5.74) is 0.677. The Hall–Kier alpha value is -1.91. The van der Waals surface area contributed by atoms with Gasteiger partial charge in [0.05, 0.1) is 5.56 Å². The smallest absolute Gasteiger partial charge is 0.261 e. The average molecular weight is 277 g/mol. The van der Waals surface area contributed by atoms with Gasteiger partial charge >= 0.3 is 6.18 Å². The van der Waals surface area contributed by atoms with Crippen LogP contribution in [0.2, 0.25) is 0 Å². The van der Waals surface area contributed by atoms with E-state index in [4.69, 9.17) is 0 Å². The van der Waals surface area contributed by atoms with E-state index in [0.717, 1.165) is 36.6 Å². The summed E-state index contributed by atoms with van der Waals surface area (Å²) >= 11 is 0. The van der Waals surface area contributed by atoms with E-state index in [9.17, 15) is 13.2 Å². The van der Waals surface area contributed by atoms with E-state index in [0.29, 0.717) is 5.69 Å². The highest BCUT2D eigenvalue weighted by molar-refractivity contribution is 5.39. The third-order valence-corrected chi connectivity index (χ3v) is 3.58. The van der Waals surface area contributed by atoms with Crippen molar-refractivity contribution in [3.63, 3.8) is 0 Å². The molecule has 1 fully saturated rings. The van der Waals surface area contributed by atoms with Crippen molar-refractivity contribution < 1.29 is 13.2 Å². The Morgan fingerprint density at radius 1 is 1.05 bits per heavy atom. The third-order valence-electron chi connectivity index (χ3n) is 3.58. The fourth-order valence-corrected chi connectivity index (χ4v) is 2.43. The number of hydrogen-bond donors (Lipinski definition) is 0. The highest BCUT2D eigenvalue weighted by Gasteiger charge is 2.38. The Labute approximate surface area is 114 Å². The zero-order valence-electron chi connectivity index (χ0n) is 10.6. The van der Waals surface area contributed by atoms with Crippen LogP contribution in [0.4, 0.5) is 13.2 Å². The molecule has 1 unspecified atom stereocenters. The lowest BCUT2D eigenvalue weighted by Gasteiger charge is -2.35. The second-order valence-corrected chi connectivity index (χ2v) is 4.80. The van der Waals surface area contributed by atoms with Gasteiger partial charge in [-0.2, -0.15) is 13.2 Å². The van der Waals surface area contributed by atoms with E-state index in [-0.39, 0.29) is 5.92 Å². The lowest BCUT2D eigenvalue weighted by Crippen LogP contribution is -2.25. The van der Waals surface area contributed by atoms with Gasteiger partial charge in [0.25, 0.3) is 0 Å². The minimum atomic E-state index is -4.33. The van der Waals surface area contributed by atoms with Crippen molar-refractivity contribution in [2.45, 2.75) is 24.9 Å². The summed E-state index contributed by atoms with van der Waals surface area (Å²) in [6, 6.07) is 7.74. The standard InChI is InChI=1S/C15H12F3N2/c16-15(17,18)10-6-8-20-14(9-10)12-5-4-11(12)13-3-1-2-7-19-13/h1-3,6-9,11H,4-5H2. The minimum Gasteiger partial charge on any atom is -0.261 e.